The van der Waals surface area contributed by atoms with E-state index in [4.69, 9.17) is 5.41 Å². The van der Waals surface area contributed by atoms with Gasteiger partial charge in [0.2, 0.25) is 11.8 Å². The first-order chi connectivity index (χ1) is 11.5. The van der Waals surface area contributed by atoms with Gasteiger partial charge in [-0.2, -0.15) is 0 Å². The zero-order valence-corrected chi connectivity index (χ0v) is 13.7. The molecule has 2 aromatic rings. The Morgan fingerprint density at radius 3 is 2.96 bits per heavy atom. The summed E-state index contributed by atoms with van der Waals surface area (Å²) in [7, 11) is 0. The molecule has 1 aliphatic heterocycles. The van der Waals surface area contributed by atoms with Gasteiger partial charge in [-0.05, 0) is 25.1 Å². The highest BCUT2D eigenvalue weighted by Crippen LogP contribution is 2.23. The smallest absolute Gasteiger partial charge is 0.240 e. The van der Waals surface area contributed by atoms with E-state index in [0.717, 1.165) is 23.0 Å². The fraction of sp³-hybridized carbons (Fsp3) is 0.188. The molecule has 1 atom stereocenters. The molecule has 2 amide bonds. The monoisotopic (exact) mass is 341 g/mol. The molecule has 0 radical (unpaired) electrons. The van der Waals surface area contributed by atoms with Crippen molar-refractivity contribution in [3.05, 3.63) is 42.2 Å². The first-order valence-electron chi connectivity index (χ1n) is 7.27. The van der Waals surface area contributed by atoms with Crippen LogP contribution in [0.25, 0.3) is 11.4 Å². The number of amides is 2. The number of carbonyl (C=O) groups is 2. The summed E-state index contributed by atoms with van der Waals surface area (Å²) in [6.07, 6.45) is 1.71. The number of nitrogens with one attached hydrogen (secondary N) is 3. The molecule has 7 nitrogen and oxygen atoms in total. The second kappa shape index (κ2) is 6.79. The van der Waals surface area contributed by atoms with Crippen molar-refractivity contribution in [3.8, 4) is 11.4 Å². The van der Waals surface area contributed by atoms with Crippen molar-refractivity contribution < 1.29 is 9.59 Å². The highest BCUT2D eigenvalue weighted by molar-refractivity contribution is 8.15. The van der Waals surface area contributed by atoms with Crippen molar-refractivity contribution in [2.24, 2.45) is 0 Å². The standard InChI is InChI=1S/C16H15N5O2S/c1-9-5-6-18-14(19-9)10-3-2-4-11(7-10)20-13(22)8-12-15(23)21-16(17)24-12/h2-7,12H,8H2,1H3,(H,20,22)(H2,17,21,23). The molecule has 1 unspecified atom stereocenters. The third-order valence-corrected chi connectivity index (χ3v) is 4.36. The number of amidine groups is 1. The minimum Gasteiger partial charge on any atom is -0.326 e. The summed E-state index contributed by atoms with van der Waals surface area (Å²) < 4.78 is 0. The minimum atomic E-state index is -0.555. The molecule has 0 aliphatic carbocycles. The summed E-state index contributed by atoms with van der Waals surface area (Å²) in [5, 5.41) is 12.1. The minimum absolute atomic E-state index is 0.0179. The predicted molar refractivity (Wildman–Crippen MR) is 92.7 cm³/mol. The lowest BCUT2D eigenvalue weighted by Crippen LogP contribution is -2.27. The average Bonchev–Trinajstić information content (AvgIpc) is 2.85. The van der Waals surface area contributed by atoms with Gasteiger partial charge in [-0.1, -0.05) is 23.9 Å². The van der Waals surface area contributed by atoms with Gasteiger partial charge in [0.05, 0.1) is 0 Å². The summed E-state index contributed by atoms with van der Waals surface area (Å²) >= 11 is 1.06. The van der Waals surface area contributed by atoms with Crippen LogP contribution in [0.15, 0.2) is 36.5 Å². The number of anilines is 1. The molecule has 2 heterocycles. The maximum Gasteiger partial charge on any atom is 0.240 e. The third-order valence-electron chi connectivity index (χ3n) is 3.36. The van der Waals surface area contributed by atoms with Crippen LogP contribution in [0.4, 0.5) is 5.69 Å². The van der Waals surface area contributed by atoms with Gasteiger partial charge < -0.3 is 10.6 Å². The number of carbonyl (C=O) groups excluding carboxylic acids is 2. The summed E-state index contributed by atoms with van der Waals surface area (Å²) in [6, 6.07) is 9.05. The number of rotatable bonds is 4. The van der Waals surface area contributed by atoms with Crippen LogP contribution in [-0.4, -0.2) is 32.2 Å². The lowest BCUT2D eigenvalue weighted by molar-refractivity contribution is -0.122. The predicted octanol–water partition coefficient (Wildman–Crippen LogP) is 1.95. The average molecular weight is 341 g/mol. The SMILES string of the molecule is Cc1ccnc(-c2cccc(NC(=O)CC3SC(=N)NC3=O)c2)n1. The molecule has 0 saturated carbocycles. The van der Waals surface area contributed by atoms with E-state index in [1.807, 2.05) is 25.1 Å². The van der Waals surface area contributed by atoms with E-state index in [1.165, 1.54) is 0 Å². The van der Waals surface area contributed by atoms with Crippen LogP contribution >= 0.6 is 11.8 Å². The van der Waals surface area contributed by atoms with E-state index >= 15 is 0 Å². The highest BCUT2D eigenvalue weighted by Gasteiger charge is 2.31. The Morgan fingerprint density at radius 2 is 2.25 bits per heavy atom. The molecule has 1 aliphatic rings. The second-order valence-electron chi connectivity index (χ2n) is 5.28. The molecule has 8 heteroatoms. The van der Waals surface area contributed by atoms with Gasteiger partial charge >= 0.3 is 0 Å². The van der Waals surface area contributed by atoms with Gasteiger partial charge in [-0.3, -0.25) is 15.0 Å². The lowest BCUT2D eigenvalue weighted by Gasteiger charge is -2.09. The molecule has 1 aromatic heterocycles. The molecular weight excluding hydrogens is 326 g/mol. The molecular formula is C16H15N5O2S. The fourth-order valence-electron chi connectivity index (χ4n) is 2.26. The number of nitrogens with zero attached hydrogens (tertiary/aromatic N) is 2. The van der Waals surface area contributed by atoms with Gasteiger partial charge in [0.25, 0.3) is 0 Å². The van der Waals surface area contributed by atoms with Crippen molar-refractivity contribution in [2.45, 2.75) is 18.6 Å². The highest BCUT2D eigenvalue weighted by atomic mass is 32.2. The Morgan fingerprint density at radius 1 is 1.42 bits per heavy atom. The van der Waals surface area contributed by atoms with Gasteiger partial charge in [-0.25, -0.2) is 9.97 Å². The van der Waals surface area contributed by atoms with Crippen LogP contribution in [0.5, 0.6) is 0 Å². The molecule has 1 aromatic carbocycles. The maximum atomic E-state index is 12.1. The molecule has 0 bridgehead atoms. The largest absolute Gasteiger partial charge is 0.326 e. The number of hydrogen-bond donors (Lipinski definition) is 3. The van der Waals surface area contributed by atoms with Crippen LogP contribution < -0.4 is 10.6 Å². The third kappa shape index (κ3) is 3.77. The molecule has 0 spiro atoms. The fourth-order valence-corrected chi connectivity index (χ4v) is 3.10. The van der Waals surface area contributed by atoms with Gasteiger partial charge in [0, 0.05) is 29.6 Å². The van der Waals surface area contributed by atoms with E-state index in [-0.39, 0.29) is 23.4 Å². The summed E-state index contributed by atoms with van der Waals surface area (Å²) in [6.45, 7) is 1.89. The van der Waals surface area contributed by atoms with Crippen LogP contribution in [0.1, 0.15) is 12.1 Å². The first-order valence-corrected chi connectivity index (χ1v) is 8.15. The van der Waals surface area contributed by atoms with Crippen molar-refractivity contribution in [2.75, 3.05) is 5.32 Å². The number of aryl methyl sites for hydroxylation is 1. The Labute approximate surface area is 142 Å². The van der Waals surface area contributed by atoms with Gasteiger partial charge in [0.15, 0.2) is 11.0 Å². The molecule has 24 heavy (non-hydrogen) atoms. The first kappa shape index (κ1) is 16.1. The molecule has 122 valence electrons. The van der Waals surface area contributed by atoms with E-state index in [9.17, 15) is 9.59 Å². The molecule has 3 N–H and O–H groups in total. The Bertz CT molecular complexity index is 824. The van der Waals surface area contributed by atoms with E-state index in [1.54, 1.807) is 18.3 Å². The maximum absolute atomic E-state index is 12.1. The number of aromatic nitrogens is 2. The van der Waals surface area contributed by atoms with E-state index < -0.39 is 5.25 Å². The summed E-state index contributed by atoms with van der Waals surface area (Å²) in [5.74, 6) is 0.00648. The zero-order chi connectivity index (χ0) is 17.1. The molecule has 3 rings (SSSR count). The van der Waals surface area contributed by atoms with Crippen LogP contribution in [0, 0.1) is 12.3 Å². The van der Waals surface area contributed by atoms with E-state index in [0.29, 0.717) is 11.5 Å². The van der Waals surface area contributed by atoms with Crippen molar-refractivity contribution in [1.29, 1.82) is 5.41 Å². The number of thioether (sulfide) groups is 1. The van der Waals surface area contributed by atoms with Crippen molar-refractivity contribution in [1.82, 2.24) is 15.3 Å². The number of hydrogen-bond acceptors (Lipinski definition) is 6. The van der Waals surface area contributed by atoms with Crippen LogP contribution in [0.3, 0.4) is 0 Å². The molecule has 1 fully saturated rings. The second-order valence-corrected chi connectivity index (χ2v) is 6.49. The lowest BCUT2D eigenvalue weighted by atomic mass is 10.1. The van der Waals surface area contributed by atoms with E-state index in [2.05, 4.69) is 20.6 Å². The zero-order valence-electron chi connectivity index (χ0n) is 12.9. The molecule has 1 saturated heterocycles. The van der Waals surface area contributed by atoms with Crippen LogP contribution in [0.2, 0.25) is 0 Å². The topological polar surface area (TPSA) is 108 Å². The van der Waals surface area contributed by atoms with Crippen LogP contribution in [-0.2, 0) is 9.59 Å². The quantitative estimate of drug-likeness (QED) is 0.788. The summed E-state index contributed by atoms with van der Waals surface area (Å²) in [4.78, 5) is 32.3. The van der Waals surface area contributed by atoms with Gasteiger partial charge in [-0.15, -0.1) is 0 Å². The number of benzene rings is 1. The Kier molecular flexibility index (Phi) is 4.57. The normalized spacial score (nSPS) is 16.8. The summed E-state index contributed by atoms with van der Waals surface area (Å²) in [5.41, 5.74) is 2.27. The Balaban J connectivity index is 1.69. The van der Waals surface area contributed by atoms with Gasteiger partial charge in [0.1, 0.15) is 5.25 Å². The van der Waals surface area contributed by atoms with Crippen molar-refractivity contribution in [3.63, 3.8) is 0 Å². The van der Waals surface area contributed by atoms with Crippen molar-refractivity contribution >= 4 is 34.4 Å². The Hall–Kier alpha value is -2.74.